The van der Waals surface area contributed by atoms with Crippen molar-refractivity contribution in [1.29, 1.82) is 0 Å². The van der Waals surface area contributed by atoms with Crippen LogP contribution in [-0.4, -0.2) is 42.3 Å². The van der Waals surface area contributed by atoms with Gasteiger partial charge in [-0.15, -0.1) is 6.58 Å². The molecule has 0 aromatic heterocycles. The molecule has 5 aliphatic rings. The number of nitrogens with zero attached hydrogens (tertiary/aromatic N) is 1. The molecule has 4 heteroatoms. The molecule has 0 radical (unpaired) electrons. The van der Waals surface area contributed by atoms with Gasteiger partial charge in [-0.05, 0) is 38.5 Å². The van der Waals surface area contributed by atoms with E-state index in [-0.39, 0.29) is 17.7 Å². The second-order valence-electron chi connectivity index (χ2n) is 7.64. The van der Waals surface area contributed by atoms with Crippen LogP contribution in [0.3, 0.4) is 0 Å². The molecule has 2 bridgehead atoms. The van der Waals surface area contributed by atoms with Crippen molar-refractivity contribution >= 4 is 5.78 Å². The highest BCUT2D eigenvalue weighted by Crippen LogP contribution is 2.45. The van der Waals surface area contributed by atoms with Crippen LogP contribution < -0.4 is 0 Å². The molecule has 0 aromatic rings. The lowest BCUT2D eigenvalue weighted by Crippen LogP contribution is -2.57. The highest BCUT2D eigenvalue weighted by molar-refractivity contribution is 5.93. The van der Waals surface area contributed by atoms with Crippen LogP contribution in [0, 0.1) is 17.8 Å². The van der Waals surface area contributed by atoms with Crippen molar-refractivity contribution in [2.75, 3.05) is 19.8 Å². The first-order valence-corrected chi connectivity index (χ1v) is 9.19. The van der Waals surface area contributed by atoms with Gasteiger partial charge in [0.1, 0.15) is 0 Å². The van der Waals surface area contributed by atoms with Gasteiger partial charge in [-0.25, -0.2) is 0 Å². The molecule has 2 aliphatic carbocycles. The first-order valence-electron chi connectivity index (χ1n) is 9.19. The number of ether oxygens (including phenoxy) is 2. The molecule has 0 N–H and O–H groups in total. The number of ketones is 1. The van der Waals surface area contributed by atoms with Crippen LogP contribution in [-0.2, 0) is 14.3 Å². The van der Waals surface area contributed by atoms with Crippen LogP contribution >= 0.6 is 0 Å². The minimum absolute atomic E-state index is 0.124. The molecule has 24 heavy (non-hydrogen) atoms. The molecule has 0 aromatic carbocycles. The third-order valence-electron chi connectivity index (χ3n) is 6.15. The smallest absolute Gasteiger partial charge is 0.170 e. The minimum atomic E-state index is -0.489. The molecule has 0 amide bonds. The number of fused-ring (bicyclic) bond motifs is 2. The van der Waals surface area contributed by atoms with E-state index < -0.39 is 5.79 Å². The van der Waals surface area contributed by atoms with Gasteiger partial charge in [0.05, 0.1) is 19.3 Å². The fourth-order valence-electron chi connectivity index (χ4n) is 4.84. The van der Waals surface area contributed by atoms with Gasteiger partial charge in [0, 0.05) is 30.2 Å². The predicted octanol–water partition coefficient (Wildman–Crippen LogP) is 3.07. The van der Waals surface area contributed by atoms with E-state index in [0.29, 0.717) is 25.0 Å². The summed E-state index contributed by atoms with van der Waals surface area (Å²) in [7, 11) is 0. The van der Waals surface area contributed by atoms with Crippen molar-refractivity contribution in [3.63, 3.8) is 0 Å². The van der Waals surface area contributed by atoms with Crippen LogP contribution in [0.2, 0.25) is 0 Å². The summed E-state index contributed by atoms with van der Waals surface area (Å²) in [5.74, 6) is 0.741. The summed E-state index contributed by atoms with van der Waals surface area (Å²) >= 11 is 0. The van der Waals surface area contributed by atoms with Crippen molar-refractivity contribution in [3.8, 4) is 0 Å². The van der Waals surface area contributed by atoms with E-state index in [4.69, 9.17) is 9.47 Å². The number of allylic oxidation sites excluding steroid dienone is 3. The first-order chi connectivity index (χ1) is 11.6. The standard InChI is InChI=1S/C20H27NO3/c1-3-4-15-6-7-16(12-19(15)22)21-13-14-5-8-18(21)17(11-14)20(2)23-9-10-24-20/h3,5,8,12,14-15,17-18H,1,4,6-7,9-11,13H2,2H3. The largest absolute Gasteiger partial charge is 0.367 e. The van der Waals surface area contributed by atoms with Crippen LogP contribution in [0.1, 0.15) is 32.6 Å². The molecule has 0 saturated carbocycles. The lowest BCUT2D eigenvalue weighted by atomic mass is 9.73. The predicted molar refractivity (Wildman–Crippen MR) is 92.2 cm³/mol. The fraction of sp³-hybridized carbons (Fsp3) is 0.650. The Hall–Kier alpha value is -1.39. The second kappa shape index (κ2) is 6.16. The zero-order valence-electron chi connectivity index (χ0n) is 14.4. The number of carbonyl (C=O) groups is 1. The van der Waals surface area contributed by atoms with Crippen LogP contribution in [0.5, 0.6) is 0 Å². The molecule has 0 spiro atoms. The number of hydrogen-bond donors (Lipinski definition) is 0. The van der Waals surface area contributed by atoms with E-state index in [2.05, 4.69) is 30.6 Å². The summed E-state index contributed by atoms with van der Waals surface area (Å²) in [6.07, 6.45) is 12.2. The zero-order chi connectivity index (χ0) is 16.7. The van der Waals surface area contributed by atoms with Gasteiger partial charge in [-0.3, -0.25) is 4.79 Å². The summed E-state index contributed by atoms with van der Waals surface area (Å²) in [4.78, 5) is 14.9. The molecular formula is C20H27NO3. The van der Waals surface area contributed by atoms with Gasteiger partial charge in [0.25, 0.3) is 0 Å². The van der Waals surface area contributed by atoms with Gasteiger partial charge < -0.3 is 14.4 Å². The molecule has 2 fully saturated rings. The lowest BCUT2D eigenvalue weighted by Gasteiger charge is -2.52. The molecule has 2 saturated heterocycles. The van der Waals surface area contributed by atoms with E-state index >= 15 is 0 Å². The van der Waals surface area contributed by atoms with E-state index in [9.17, 15) is 4.79 Å². The maximum Gasteiger partial charge on any atom is 0.170 e. The summed E-state index contributed by atoms with van der Waals surface area (Å²) in [6, 6.07) is 0.271. The Morgan fingerprint density at radius 1 is 1.38 bits per heavy atom. The summed E-state index contributed by atoms with van der Waals surface area (Å²) in [6.45, 7) is 8.22. The van der Waals surface area contributed by atoms with Gasteiger partial charge in [-0.1, -0.05) is 18.2 Å². The highest BCUT2D eigenvalue weighted by Gasteiger charge is 2.50. The first kappa shape index (κ1) is 16.1. The number of hydrogen-bond acceptors (Lipinski definition) is 4. The van der Waals surface area contributed by atoms with Crippen molar-refractivity contribution < 1.29 is 14.3 Å². The number of piperidine rings is 1. The monoisotopic (exact) mass is 329 g/mol. The fourth-order valence-corrected chi connectivity index (χ4v) is 4.84. The van der Waals surface area contributed by atoms with Crippen molar-refractivity contribution in [2.24, 2.45) is 17.8 Å². The van der Waals surface area contributed by atoms with E-state index in [1.54, 1.807) is 0 Å². The van der Waals surface area contributed by atoms with Crippen molar-refractivity contribution in [1.82, 2.24) is 4.90 Å². The van der Waals surface area contributed by atoms with Gasteiger partial charge >= 0.3 is 0 Å². The Morgan fingerprint density at radius 3 is 2.83 bits per heavy atom. The van der Waals surface area contributed by atoms with Crippen LogP contribution in [0.15, 0.2) is 36.6 Å². The maximum atomic E-state index is 12.4. The average molecular weight is 329 g/mol. The average Bonchev–Trinajstić information content (AvgIpc) is 3.05. The van der Waals surface area contributed by atoms with Gasteiger partial charge in [0.15, 0.2) is 11.6 Å². The molecule has 5 rings (SSSR count). The number of carbonyl (C=O) groups excluding carboxylic acids is 1. The molecule has 130 valence electrons. The Balaban J connectivity index is 1.56. The summed E-state index contributed by atoms with van der Waals surface area (Å²) in [5, 5.41) is 0. The normalized spacial score (nSPS) is 37.6. The molecular weight excluding hydrogens is 302 g/mol. The molecule has 4 unspecified atom stereocenters. The minimum Gasteiger partial charge on any atom is -0.367 e. The summed E-state index contributed by atoms with van der Waals surface area (Å²) < 4.78 is 11.9. The van der Waals surface area contributed by atoms with Gasteiger partial charge in [-0.2, -0.15) is 0 Å². The zero-order valence-corrected chi connectivity index (χ0v) is 14.4. The molecule has 4 nitrogen and oxygen atoms in total. The Morgan fingerprint density at radius 2 is 2.17 bits per heavy atom. The second-order valence-corrected chi connectivity index (χ2v) is 7.64. The van der Waals surface area contributed by atoms with Gasteiger partial charge in [0.2, 0.25) is 0 Å². The molecule has 3 aliphatic heterocycles. The highest BCUT2D eigenvalue weighted by atomic mass is 16.7. The third kappa shape index (κ3) is 2.66. The third-order valence-corrected chi connectivity index (χ3v) is 6.15. The van der Waals surface area contributed by atoms with Crippen molar-refractivity contribution in [3.05, 3.63) is 36.6 Å². The van der Waals surface area contributed by atoms with E-state index in [1.807, 2.05) is 12.2 Å². The van der Waals surface area contributed by atoms with Crippen molar-refractivity contribution in [2.45, 2.75) is 44.4 Å². The topological polar surface area (TPSA) is 38.8 Å². The van der Waals surface area contributed by atoms with Crippen LogP contribution in [0.25, 0.3) is 0 Å². The summed E-state index contributed by atoms with van der Waals surface area (Å²) in [5.41, 5.74) is 1.20. The Labute approximate surface area is 144 Å². The lowest BCUT2D eigenvalue weighted by molar-refractivity contribution is -0.203. The van der Waals surface area contributed by atoms with E-state index in [0.717, 1.165) is 32.2 Å². The molecule has 3 heterocycles. The number of rotatable bonds is 4. The van der Waals surface area contributed by atoms with E-state index in [1.165, 1.54) is 5.70 Å². The quantitative estimate of drug-likeness (QED) is 0.743. The molecule has 4 atom stereocenters. The maximum absolute atomic E-state index is 12.4. The van der Waals surface area contributed by atoms with Crippen LogP contribution in [0.4, 0.5) is 0 Å². The Bertz CT molecular complexity index is 588. The Kier molecular flexibility index (Phi) is 4.13. The SMILES string of the molecule is C=CCC1CCC(N2CC3C=CC2C(C2(C)OCCO2)C3)=CC1=O.